The second kappa shape index (κ2) is 7.67. The van der Waals surface area contributed by atoms with Crippen molar-refractivity contribution in [2.45, 2.75) is 0 Å². The molecule has 0 fully saturated rings. The lowest BCUT2D eigenvalue weighted by atomic mass is 10.1. The van der Waals surface area contributed by atoms with Gasteiger partial charge in [0.15, 0.2) is 17.3 Å². The minimum atomic E-state index is 0.472. The number of ether oxygens (including phenoxy) is 2. The molecule has 0 aliphatic rings. The largest absolute Gasteiger partial charge is 0.497 e. The SMILES string of the molecule is COc1ccc(NC(=S)Nc2ccc(-c3cnco3)c(OC)c2)cc1. The summed E-state index contributed by atoms with van der Waals surface area (Å²) in [5, 5.41) is 6.72. The van der Waals surface area contributed by atoms with Crippen molar-refractivity contribution in [1.29, 1.82) is 0 Å². The first-order chi connectivity index (χ1) is 12.2. The highest BCUT2D eigenvalue weighted by molar-refractivity contribution is 7.80. The summed E-state index contributed by atoms with van der Waals surface area (Å²) in [7, 11) is 3.23. The summed E-state index contributed by atoms with van der Waals surface area (Å²) < 4.78 is 15.9. The molecule has 0 saturated carbocycles. The first-order valence-corrected chi connectivity index (χ1v) is 7.89. The molecule has 0 radical (unpaired) electrons. The molecule has 0 atom stereocenters. The average molecular weight is 355 g/mol. The highest BCUT2D eigenvalue weighted by Gasteiger charge is 2.10. The standard InChI is InChI=1S/C18H17N3O3S/c1-22-14-6-3-12(4-7-14)20-18(25)21-13-5-8-15(16(9-13)23-2)17-10-19-11-24-17/h3-11H,1-2H3,(H2,20,21,25). The normalized spacial score (nSPS) is 10.2. The van der Waals surface area contributed by atoms with Crippen LogP contribution in [0.15, 0.2) is 59.5 Å². The molecule has 0 unspecified atom stereocenters. The van der Waals surface area contributed by atoms with E-state index in [1.54, 1.807) is 20.4 Å². The van der Waals surface area contributed by atoms with Crippen LogP contribution in [0.4, 0.5) is 11.4 Å². The number of nitrogens with zero attached hydrogens (tertiary/aromatic N) is 1. The van der Waals surface area contributed by atoms with Crippen LogP contribution < -0.4 is 20.1 Å². The van der Waals surface area contributed by atoms with E-state index >= 15 is 0 Å². The van der Waals surface area contributed by atoms with Gasteiger partial charge in [0, 0.05) is 17.4 Å². The Bertz CT molecular complexity index is 849. The number of benzene rings is 2. The van der Waals surface area contributed by atoms with Gasteiger partial charge in [-0.1, -0.05) is 0 Å². The number of aromatic nitrogens is 1. The summed E-state index contributed by atoms with van der Waals surface area (Å²) in [6.45, 7) is 0. The van der Waals surface area contributed by atoms with Crippen LogP contribution in [0, 0.1) is 0 Å². The fourth-order valence-electron chi connectivity index (χ4n) is 2.29. The molecule has 2 aromatic carbocycles. The number of thiocarbonyl (C=S) groups is 1. The molecule has 0 aliphatic heterocycles. The molecule has 6 nitrogen and oxygen atoms in total. The summed E-state index contributed by atoms with van der Waals surface area (Å²) >= 11 is 5.35. The Hall–Kier alpha value is -3.06. The third-order valence-corrected chi connectivity index (χ3v) is 3.71. The molecule has 25 heavy (non-hydrogen) atoms. The average Bonchev–Trinajstić information content (AvgIpc) is 3.16. The zero-order chi connectivity index (χ0) is 17.6. The van der Waals surface area contributed by atoms with Gasteiger partial charge in [0.25, 0.3) is 0 Å². The molecular weight excluding hydrogens is 338 g/mol. The van der Waals surface area contributed by atoms with Crippen molar-refractivity contribution >= 4 is 28.7 Å². The Balaban J connectivity index is 1.70. The van der Waals surface area contributed by atoms with Crippen LogP contribution >= 0.6 is 12.2 Å². The summed E-state index contributed by atoms with van der Waals surface area (Å²) in [5.74, 6) is 2.09. The fourth-order valence-corrected chi connectivity index (χ4v) is 2.52. The van der Waals surface area contributed by atoms with E-state index in [0.29, 0.717) is 16.6 Å². The zero-order valence-corrected chi connectivity index (χ0v) is 14.6. The Morgan fingerprint density at radius 2 is 1.72 bits per heavy atom. The van der Waals surface area contributed by atoms with Gasteiger partial charge in [0.2, 0.25) is 0 Å². The summed E-state index contributed by atoms with van der Waals surface area (Å²) in [4.78, 5) is 3.93. The van der Waals surface area contributed by atoms with E-state index in [2.05, 4.69) is 15.6 Å². The Morgan fingerprint density at radius 3 is 2.36 bits per heavy atom. The number of hydrogen-bond donors (Lipinski definition) is 2. The molecule has 0 saturated heterocycles. The van der Waals surface area contributed by atoms with Crippen molar-refractivity contribution in [3.8, 4) is 22.8 Å². The molecule has 0 spiro atoms. The van der Waals surface area contributed by atoms with Gasteiger partial charge in [-0.3, -0.25) is 0 Å². The molecule has 1 aromatic heterocycles. The first-order valence-electron chi connectivity index (χ1n) is 7.48. The van der Waals surface area contributed by atoms with E-state index in [9.17, 15) is 0 Å². The summed E-state index contributed by atoms with van der Waals surface area (Å²) in [6.07, 6.45) is 3.02. The van der Waals surface area contributed by atoms with Crippen molar-refractivity contribution in [3.05, 3.63) is 55.1 Å². The van der Waals surface area contributed by atoms with E-state index in [1.165, 1.54) is 6.39 Å². The molecular formula is C18H17N3O3S. The maximum Gasteiger partial charge on any atom is 0.181 e. The maximum atomic E-state index is 5.43. The number of nitrogens with one attached hydrogen (secondary N) is 2. The second-order valence-electron chi connectivity index (χ2n) is 5.09. The summed E-state index contributed by atoms with van der Waals surface area (Å²) in [6, 6.07) is 13.1. The van der Waals surface area contributed by atoms with Gasteiger partial charge in [-0.15, -0.1) is 0 Å². The first kappa shape index (κ1) is 16.8. The second-order valence-corrected chi connectivity index (χ2v) is 5.50. The highest BCUT2D eigenvalue weighted by Crippen LogP contribution is 2.32. The van der Waals surface area contributed by atoms with Crippen molar-refractivity contribution < 1.29 is 13.9 Å². The highest BCUT2D eigenvalue weighted by atomic mass is 32.1. The third-order valence-electron chi connectivity index (χ3n) is 3.51. The molecule has 128 valence electrons. The van der Waals surface area contributed by atoms with E-state index in [0.717, 1.165) is 22.7 Å². The Morgan fingerprint density at radius 1 is 1.00 bits per heavy atom. The van der Waals surface area contributed by atoms with E-state index in [4.69, 9.17) is 26.1 Å². The van der Waals surface area contributed by atoms with Gasteiger partial charge in [0.05, 0.1) is 26.0 Å². The molecule has 0 bridgehead atoms. The molecule has 0 amide bonds. The molecule has 3 rings (SSSR count). The molecule has 7 heteroatoms. The van der Waals surface area contributed by atoms with Crippen molar-refractivity contribution in [3.63, 3.8) is 0 Å². The van der Waals surface area contributed by atoms with Crippen LogP contribution in [0.5, 0.6) is 11.5 Å². The van der Waals surface area contributed by atoms with Crippen molar-refractivity contribution in [2.75, 3.05) is 24.9 Å². The Kier molecular flexibility index (Phi) is 5.15. The van der Waals surface area contributed by atoms with Gasteiger partial charge in [-0.2, -0.15) is 0 Å². The van der Waals surface area contributed by atoms with E-state index < -0.39 is 0 Å². The number of methoxy groups -OCH3 is 2. The van der Waals surface area contributed by atoms with Crippen LogP contribution in [-0.4, -0.2) is 24.3 Å². The zero-order valence-electron chi connectivity index (χ0n) is 13.8. The fraction of sp³-hybridized carbons (Fsp3) is 0.111. The minimum absolute atomic E-state index is 0.472. The van der Waals surface area contributed by atoms with Crippen LogP contribution in [0.2, 0.25) is 0 Å². The predicted molar refractivity (Wildman–Crippen MR) is 101 cm³/mol. The van der Waals surface area contributed by atoms with Crippen LogP contribution in [0.3, 0.4) is 0 Å². The number of hydrogen-bond acceptors (Lipinski definition) is 5. The van der Waals surface area contributed by atoms with Gasteiger partial charge in [-0.05, 0) is 48.6 Å². The quantitative estimate of drug-likeness (QED) is 0.666. The Labute approximate surface area is 150 Å². The van der Waals surface area contributed by atoms with E-state index in [-0.39, 0.29) is 0 Å². The molecule has 3 aromatic rings. The topological polar surface area (TPSA) is 68.5 Å². The van der Waals surface area contributed by atoms with Gasteiger partial charge in [-0.25, -0.2) is 4.98 Å². The molecule has 1 heterocycles. The van der Waals surface area contributed by atoms with Crippen LogP contribution in [0.25, 0.3) is 11.3 Å². The molecule has 0 aliphatic carbocycles. The number of oxazole rings is 1. The number of rotatable bonds is 5. The lowest BCUT2D eigenvalue weighted by molar-refractivity contribution is 0.414. The van der Waals surface area contributed by atoms with Gasteiger partial charge in [0.1, 0.15) is 11.5 Å². The lowest BCUT2D eigenvalue weighted by Crippen LogP contribution is -2.19. The molecule has 2 N–H and O–H groups in total. The monoisotopic (exact) mass is 355 g/mol. The number of anilines is 2. The van der Waals surface area contributed by atoms with E-state index in [1.807, 2.05) is 42.5 Å². The predicted octanol–water partition coefficient (Wildman–Crippen LogP) is 4.17. The van der Waals surface area contributed by atoms with Crippen molar-refractivity contribution in [2.24, 2.45) is 0 Å². The van der Waals surface area contributed by atoms with Crippen molar-refractivity contribution in [1.82, 2.24) is 4.98 Å². The van der Waals surface area contributed by atoms with Crippen LogP contribution in [-0.2, 0) is 0 Å². The smallest absolute Gasteiger partial charge is 0.181 e. The minimum Gasteiger partial charge on any atom is -0.497 e. The van der Waals surface area contributed by atoms with Crippen LogP contribution in [0.1, 0.15) is 0 Å². The lowest BCUT2D eigenvalue weighted by Gasteiger charge is -2.13. The van der Waals surface area contributed by atoms with Gasteiger partial charge >= 0.3 is 0 Å². The maximum absolute atomic E-state index is 5.43. The van der Waals surface area contributed by atoms with Gasteiger partial charge < -0.3 is 24.5 Å². The summed E-state index contributed by atoms with van der Waals surface area (Å²) in [5.41, 5.74) is 2.48. The third kappa shape index (κ3) is 4.07.